The molecule has 0 heterocycles. The number of aliphatic hydroxyl groups is 1. The SMILES string of the molecule is CC/C=C\C/C=C\C/C=C\C/C=C\C/C=C\CCCC(=O)OC(COC(=O)CCCCCCCCCCCCCCC)COP(=O)(O)OCC(CO)OC(=O)CCCCCCC/C=C\C/C=C\CCC. The highest BCUT2D eigenvalue weighted by molar-refractivity contribution is 7.47. The summed E-state index contributed by atoms with van der Waals surface area (Å²) in [5, 5.41) is 9.79. The summed E-state index contributed by atoms with van der Waals surface area (Å²) in [7, 11) is -4.76. The number of esters is 3. The van der Waals surface area contributed by atoms with Crippen LogP contribution in [0.15, 0.2) is 85.1 Å². The fourth-order valence-corrected chi connectivity index (χ4v) is 7.92. The topological polar surface area (TPSA) is 155 Å². The molecule has 0 aliphatic rings. The van der Waals surface area contributed by atoms with Crippen molar-refractivity contribution in [2.24, 2.45) is 0 Å². The maximum Gasteiger partial charge on any atom is 0.472 e. The number of ether oxygens (including phenoxy) is 3. The molecule has 0 fully saturated rings. The van der Waals surface area contributed by atoms with Gasteiger partial charge in [-0.3, -0.25) is 23.4 Å². The summed E-state index contributed by atoms with van der Waals surface area (Å²) in [5.41, 5.74) is 0. The van der Waals surface area contributed by atoms with E-state index in [0.29, 0.717) is 25.7 Å². The van der Waals surface area contributed by atoms with Crippen molar-refractivity contribution in [1.29, 1.82) is 0 Å². The predicted molar refractivity (Wildman–Crippen MR) is 288 cm³/mol. The van der Waals surface area contributed by atoms with Gasteiger partial charge in [0.15, 0.2) is 6.10 Å². The smallest absolute Gasteiger partial charge is 0.462 e. The van der Waals surface area contributed by atoms with Crippen LogP contribution < -0.4 is 0 Å². The average molecular weight is 1000 g/mol. The van der Waals surface area contributed by atoms with E-state index in [1.165, 1.54) is 57.8 Å². The Labute approximate surface area is 426 Å². The van der Waals surface area contributed by atoms with Crippen molar-refractivity contribution in [3.8, 4) is 0 Å². The molecule has 0 amide bonds. The standard InChI is InChI=1S/C58H99O11P/c1-4-7-10-13-16-19-22-25-26-27-28-31-34-37-40-43-46-49-58(62)69-55(51-65-56(60)47-44-41-38-35-32-29-23-20-17-14-11-8-5-2)53-67-70(63,64)66-52-54(50-59)68-57(61)48-45-42-39-36-33-30-24-21-18-15-12-9-6-3/h7,10,12,15-16,19,21,24-26,28,31,37,40,54-55,59H,4-6,8-9,11,13-14,17-18,20,22-23,27,29-30,32-36,38-39,41-53H2,1-3H3,(H,63,64)/b10-7-,15-12-,19-16-,24-21-,26-25-,31-28-,40-37-. The van der Waals surface area contributed by atoms with Gasteiger partial charge in [0, 0.05) is 19.3 Å². The van der Waals surface area contributed by atoms with E-state index in [9.17, 15) is 28.9 Å². The number of rotatable bonds is 50. The second-order valence-corrected chi connectivity index (χ2v) is 19.5. The molecule has 70 heavy (non-hydrogen) atoms. The van der Waals surface area contributed by atoms with Crippen molar-refractivity contribution in [2.45, 2.75) is 238 Å². The number of allylic oxidation sites excluding steroid dienone is 14. The van der Waals surface area contributed by atoms with Gasteiger partial charge in [0.25, 0.3) is 0 Å². The number of carbonyl (C=O) groups is 3. The maximum absolute atomic E-state index is 12.9. The molecule has 0 saturated carbocycles. The van der Waals surface area contributed by atoms with Gasteiger partial charge in [0.1, 0.15) is 12.7 Å². The monoisotopic (exact) mass is 1000 g/mol. The lowest BCUT2D eigenvalue weighted by molar-refractivity contribution is -0.161. The summed E-state index contributed by atoms with van der Waals surface area (Å²) in [4.78, 5) is 48.4. The zero-order chi connectivity index (χ0) is 51.3. The highest BCUT2D eigenvalue weighted by Crippen LogP contribution is 2.43. The highest BCUT2D eigenvalue weighted by atomic mass is 31.2. The zero-order valence-electron chi connectivity index (χ0n) is 44.2. The molecule has 0 aliphatic heterocycles. The summed E-state index contributed by atoms with van der Waals surface area (Å²) in [6.45, 7) is 4.38. The number of carbonyl (C=O) groups excluding carboxylic acids is 3. The first-order chi connectivity index (χ1) is 34.2. The van der Waals surface area contributed by atoms with E-state index < -0.39 is 57.8 Å². The molecule has 0 aromatic carbocycles. The first kappa shape index (κ1) is 66.7. The molecule has 0 aromatic rings. The van der Waals surface area contributed by atoms with Crippen LogP contribution in [0.2, 0.25) is 0 Å². The lowest BCUT2D eigenvalue weighted by Crippen LogP contribution is -2.30. The Bertz CT molecular complexity index is 1500. The van der Waals surface area contributed by atoms with Gasteiger partial charge in [-0.1, -0.05) is 209 Å². The van der Waals surface area contributed by atoms with E-state index in [1.807, 2.05) is 12.2 Å². The van der Waals surface area contributed by atoms with Crippen molar-refractivity contribution in [3.05, 3.63) is 85.1 Å². The highest BCUT2D eigenvalue weighted by Gasteiger charge is 2.28. The fourth-order valence-electron chi connectivity index (χ4n) is 7.13. The minimum absolute atomic E-state index is 0.0869. The lowest BCUT2D eigenvalue weighted by Gasteiger charge is -2.21. The van der Waals surface area contributed by atoms with E-state index in [2.05, 4.69) is 93.7 Å². The molecule has 12 heteroatoms. The average Bonchev–Trinajstić information content (AvgIpc) is 3.35. The number of hydrogen-bond donors (Lipinski definition) is 2. The Kier molecular flexibility index (Phi) is 49.5. The molecule has 0 radical (unpaired) electrons. The third-order valence-electron chi connectivity index (χ3n) is 11.3. The van der Waals surface area contributed by atoms with Crippen molar-refractivity contribution in [1.82, 2.24) is 0 Å². The van der Waals surface area contributed by atoms with Gasteiger partial charge in [0.05, 0.1) is 19.8 Å². The number of phosphoric acid groups is 1. The van der Waals surface area contributed by atoms with Gasteiger partial charge in [-0.2, -0.15) is 0 Å². The Hall–Kier alpha value is -3.34. The van der Waals surface area contributed by atoms with Crippen LogP contribution >= 0.6 is 7.82 Å². The van der Waals surface area contributed by atoms with Crippen LogP contribution in [0.4, 0.5) is 0 Å². The first-order valence-corrected chi connectivity index (χ1v) is 29.0. The Morgan fingerprint density at radius 1 is 0.414 bits per heavy atom. The second kappa shape index (κ2) is 52.0. The van der Waals surface area contributed by atoms with Gasteiger partial charge in [0.2, 0.25) is 0 Å². The van der Waals surface area contributed by atoms with Crippen LogP contribution in [0.1, 0.15) is 226 Å². The molecule has 2 N–H and O–H groups in total. The van der Waals surface area contributed by atoms with Crippen molar-refractivity contribution >= 4 is 25.7 Å². The molecule has 11 nitrogen and oxygen atoms in total. The van der Waals surface area contributed by atoms with E-state index in [1.54, 1.807) is 0 Å². The molecular weight excluding hydrogens is 904 g/mol. The molecule has 0 bridgehead atoms. The molecule has 402 valence electrons. The third kappa shape index (κ3) is 49.6. The summed E-state index contributed by atoms with van der Waals surface area (Å²) >= 11 is 0. The van der Waals surface area contributed by atoms with Gasteiger partial charge >= 0.3 is 25.7 Å². The van der Waals surface area contributed by atoms with Crippen molar-refractivity contribution in [2.75, 3.05) is 26.4 Å². The van der Waals surface area contributed by atoms with Crippen molar-refractivity contribution < 1.29 is 52.2 Å². The summed E-state index contributed by atoms with van der Waals surface area (Å²) in [6.07, 6.45) is 58.4. The third-order valence-corrected chi connectivity index (χ3v) is 12.2. The molecule has 0 saturated heterocycles. The minimum Gasteiger partial charge on any atom is -0.462 e. The number of unbranched alkanes of at least 4 members (excludes halogenated alkanes) is 19. The lowest BCUT2D eigenvalue weighted by atomic mass is 10.0. The molecule has 0 spiro atoms. The largest absolute Gasteiger partial charge is 0.472 e. The number of phosphoric ester groups is 1. The van der Waals surface area contributed by atoms with Crippen LogP contribution in [0, 0.1) is 0 Å². The van der Waals surface area contributed by atoms with Gasteiger partial charge in [-0.05, 0) is 83.5 Å². The number of hydrogen-bond acceptors (Lipinski definition) is 10. The summed E-state index contributed by atoms with van der Waals surface area (Å²) in [5.74, 6) is -1.55. The Morgan fingerprint density at radius 2 is 0.786 bits per heavy atom. The predicted octanol–water partition coefficient (Wildman–Crippen LogP) is 15.9. The van der Waals surface area contributed by atoms with Crippen LogP contribution in [0.3, 0.4) is 0 Å². The van der Waals surface area contributed by atoms with E-state index >= 15 is 0 Å². The second-order valence-electron chi connectivity index (χ2n) is 18.0. The van der Waals surface area contributed by atoms with Gasteiger partial charge < -0.3 is 24.2 Å². The van der Waals surface area contributed by atoms with Crippen LogP contribution in [-0.2, 0) is 42.2 Å². The van der Waals surface area contributed by atoms with Crippen LogP contribution in [0.5, 0.6) is 0 Å². The van der Waals surface area contributed by atoms with E-state index in [4.69, 9.17) is 23.3 Å². The molecule has 0 rings (SSSR count). The van der Waals surface area contributed by atoms with Gasteiger partial charge in [-0.15, -0.1) is 0 Å². The summed E-state index contributed by atoms with van der Waals surface area (Å²) < 4.78 is 39.4. The molecule has 0 aromatic heterocycles. The van der Waals surface area contributed by atoms with E-state index in [-0.39, 0.29) is 25.9 Å². The Morgan fingerprint density at radius 3 is 1.26 bits per heavy atom. The fraction of sp³-hybridized carbons (Fsp3) is 0.707. The first-order valence-electron chi connectivity index (χ1n) is 27.5. The van der Waals surface area contributed by atoms with Crippen molar-refractivity contribution in [3.63, 3.8) is 0 Å². The summed E-state index contributed by atoms with van der Waals surface area (Å²) in [6, 6.07) is 0. The van der Waals surface area contributed by atoms with Crippen LogP contribution in [-0.4, -0.2) is 66.5 Å². The Balaban J connectivity index is 4.83. The molecular formula is C58H99O11P. The molecule has 0 aliphatic carbocycles. The van der Waals surface area contributed by atoms with Crippen LogP contribution in [0.25, 0.3) is 0 Å². The minimum atomic E-state index is -4.76. The molecule has 3 unspecified atom stereocenters. The zero-order valence-corrected chi connectivity index (χ0v) is 45.1. The maximum atomic E-state index is 12.9. The number of aliphatic hydroxyl groups excluding tert-OH is 1. The molecule has 3 atom stereocenters. The van der Waals surface area contributed by atoms with E-state index in [0.717, 1.165) is 103 Å². The van der Waals surface area contributed by atoms with Gasteiger partial charge in [-0.25, -0.2) is 4.57 Å². The quantitative estimate of drug-likeness (QED) is 0.0197. The normalized spacial score (nSPS) is 14.1.